The average molecular weight is 372 g/mol. The second-order valence-corrected chi connectivity index (χ2v) is 7.23. The van der Waals surface area contributed by atoms with Crippen molar-refractivity contribution in [3.05, 3.63) is 95.1 Å². The van der Waals surface area contributed by atoms with Gasteiger partial charge >= 0.3 is 5.97 Å². The molecule has 3 nitrogen and oxygen atoms in total. The first-order chi connectivity index (χ1) is 13.5. The van der Waals surface area contributed by atoms with E-state index >= 15 is 0 Å². The third-order valence-corrected chi connectivity index (χ3v) is 4.54. The number of hydrogen-bond donors (Lipinski definition) is 0. The van der Waals surface area contributed by atoms with E-state index in [1.807, 2.05) is 81.4 Å². The van der Waals surface area contributed by atoms with E-state index < -0.39 is 5.97 Å². The van der Waals surface area contributed by atoms with Crippen molar-refractivity contribution in [3.63, 3.8) is 0 Å². The zero-order valence-electron chi connectivity index (χ0n) is 16.4. The van der Waals surface area contributed by atoms with Gasteiger partial charge in [-0.15, -0.1) is 0 Å². The summed E-state index contributed by atoms with van der Waals surface area (Å²) in [6.45, 7) is 6.16. The van der Waals surface area contributed by atoms with Crippen molar-refractivity contribution in [3.8, 4) is 11.1 Å². The van der Waals surface area contributed by atoms with Gasteiger partial charge in [-0.25, -0.2) is 4.79 Å². The van der Waals surface area contributed by atoms with Crippen LogP contribution in [-0.2, 0) is 4.74 Å². The molecule has 0 aliphatic heterocycles. The molecule has 3 aromatic rings. The molecular formula is C25H24O3. The minimum Gasteiger partial charge on any atom is -0.462 e. The van der Waals surface area contributed by atoms with Gasteiger partial charge in [0, 0.05) is 11.1 Å². The molecule has 0 saturated carbocycles. The number of aryl methyl sites for hydroxylation is 1. The predicted octanol–water partition coefficient (Wildman–Crippen LogP) is 5.71. The Bertz CT molecular complexity index is 988. The summed E-state index contributed by atoms with van der Waals surface area (Å²) >= 11 is 0. The van der Waals surface area contributed by atoms with Gasteiger partial charge in [0.1, 0.15) is 0 Å². The second kappa shape index (κ2) is 8.66. The van der Waals surface area contributed by atoms with E-state index in [1.54, 1.807) is 12.1 Å². The molecule has 28 heavy (non-hydrogen) atoms. The summed E-state index contributed by atoms with van der Waals surface area (Å²) in [6.07, 6.45) is 0. The van der Waals surface area contributed by atoms with E-state index in [4.69, 9.17) is 4.74 Å². The van der Waals surface area contributed by atoms with Crippen LogP contribution >= 0.6 is 0 Å². The minimum absolute atomic E-state index is 0.174. The molecule has 0 unspecified atom stereocenters. The molecule has 0 saturated heterocycles. The molecule has 0 aliphatic carbocycles. The Morgan fingerprint density at radius 1 is 0.821 bits per heavy atom. The van der Waals surface area contributed by atoms with Crippen LogP contribution in [0.5, 0.6) is 0 Å². The quantitative estimate of drug-likeness (QED) is 0.411. The van der Waals surface area contributed by atoms with Crippen molar-refractivity contribution in [2.24, 2.45) is 5.92 Å². The first-order valence-corrected chi connectivity index (χ1v) is 9.45. The Labute approximate surface area is 166 Å². The molecule has 0 aromatic heterocycles. The van der Waals surface area contributed by atoms with Gasteiger partial charge in [0.25, 0.3) is 0 Å². The molecule has 0 amide bonds. The lowest BCUT2D eigenvalue weighted by molar-refractivity contribution is 0.0457. The molecule has 0 radical (unpaired) electrons. The Morgan fingerprint density at radius 3 is 2.14 bits per heavy atom. The first-order valence-electron chi connectivity index (χ1n) is 9.45. The highest BCUT2D eigenvalue weighted by molar-refractivity contribution is 6.17. The number of esters is 1. The zero-order chi connectivity index (χ0) is 20.1. The molecule has 0 fully saturated rings. The van der Waals surface area contributed by atoms with Crippen LogP contribution in [0.15, 0.2) is 72.8 Å². The van der Waals surface area contributed by atoms with E-state index in [0.717, 1.165) is 11.1 Å². The van der Waals surface area contributed by atoms with Crippen LogP contribution in [0.3, 0.4) is 0 Å². The van der Waals surface area contributed by atoms with E-state index in [2.05, 4.69) is 0 Å². The van der Waals surface area contributed by atoms with Gasteiger partial charge in [-0.3, -0.25) is 4.79 Å². The van der Waals surface area contributed by atoms with Crippen LogP contribution in [0.2, 0.25) is 0 Å². The second-order valence-electron chi connectivity index (χ2n) is 7.23. The highest BCUT2D eigenvalue weighted by Crippen LogP contribution is 2.29. The summed E-state index contributed by atoms with van der Waals surface area (Å²) in [4.78, 5) is 26.3. The fourth-order valence-electron chi connectivity index (χ4n) is 3.11. The summed E-state index contributed by atoms with van der Waals surface area (Å²) < 4.78 is 5.52. The largest absolute Gasteiger partial charge is 0.462 e. The molecular weight excluding hydrogens is 348 g/mol. The van der Waals surface area contributed by atoms with Crippen molar-refractivity contribution in [2.75, 3.05) is 6.61 Å². The van der Waals surface area contributed by atoms with E-state index in [-0.39, 0.29) is 11.7 Å². The minimum atomic E-state index is -0.468. The number of hydrogen-bond acceptors (Lipinski definition) is 3. The van der Waals surface area contributed by atoms with Crippen molar-refractivity contribution >= 4 is 11.8 Å². The van der Waals surface area contributed by atoms with Gasteiger partial charge in [0.15, 0.2) is 5.78 Å². The topological polar surface area (TPSA) is 43.4 Å². The lowest BCUT2D eigenvalue weighted by Gasteiger charge is -2.15. The van der Waals surface area contributed by atoms with Gasteiger partial charge in [0.05, 0.1) is 12.2 Å². The molecule has 3 heteroatoms. The van der Waals surface area contributed by atoms with Gasteiger partial charge in [-0.05, 0) is 29.5 Å². The molecule has 0 bridgehead atoms. The number of rotatable bonds is 6. The monoisotopic (exact) mass is 372 g/mol. The smallest absolute Gasteiger partial charge is 0.339 e. The fraction of sp³-hybridized carbons (Fsp3) is 0.200. The summed E-state index contributed by atoms with van der Waals surface area (Å²) in [5.41, 5.74) is 3.73. The number of carbonyl (C=O) groups excluding carboxylic acids is 2. The molecule has 0 aliphatic rings. The summed E-state index contributed by atoms with van der Waals surface area (Å²) in [7, 11) is 0. The molecule has 0 N–H and O–H groups in total. The Morgan fingerprint density at radius 2 is 1.46 bits per heavy atom. The SMILES string of the molecule is Cc1ccccc1C(=O)c1cccc(-c2ccccc2)c1C(=O)OCC(C)C. The van der Waals surface area contributed by atoms with Gasteiger partial charge < -0.3 is 4.74 Å². The summed E-state index contributed by atoms with van der Waals surface area (Å²) in [5.74, 6) is -0.430. The van der Waals surface area contributed by atoms with Gasteiger partial charge in [-0.2, -0.15) is 0 Å². The molecule has 0 atom stereocenters. The van der Waals surface area contributed by atoms with Crippen LogP contribution in [0.4, 0.5) is 0 Å². The number of ketones is 1. The molecule has 0 spiro atoms. The normalized spacial score (nSPS) is 10.7. The Balaban J connectivity index is 2.15. The van der Waals surface area contributed by atoms with Crippen molar-refractivity contribution in [1.82, 2.24) is 0 Å². The van der Waals surface area contributed by atoms with Gasteiger partial charge in [-0.1, -0.05) is 86.6 Å². The highest BCUT2D eigenvalue weighted by Gasteiger charge is 2.24. The zero-order valence-corrected chi connectivity index (χ0v) is 16.4. The van der Waals surface area contributed by atoms with E-state index in [1.165, 1.54) is 0 Å². The number of ether oxygens (including phenoxy) is 1. The first kappa shape index (κ1) is 19.6. The lowest BCUT2D eigenvalue weighted by atomic mass is 9.90. The maximum absolute atomic E-state index is 13.3. The maximum atomic E-state index is 13.3. The van der Waals surface area contributed by atoms with E-state index in [9.17, 15) is 9.59 Å². The third-order valence-electron chi connectivity index (χ3n) is 4.54. The van der Waals surface area contributed by atoms with Crippen molar-refractivity contribution < 1.29 is 14.3 Å². The fourth-order valence-corrected chi connectivity index (χ4v) is 3.11. The number of benzene rings is 3. The standard InChI is InChI=1S/C25H24O3/c1-17(2)16-28-25(27)23-21(19-11-5-4-6-12-19)14-9-15-22(23)24(26)20-13-8-7-10-18(20)3/h4-15,17H,16H2,1-3H3. The molecule has 142 valence electrons. The van der Waals surface area contributed by atoms with Crippen LogP contribution in [0.1, 0.15) is 45.7 Å². The van der Waals surface area contributed by atoms with Crippen molar-refractivity contribution in [2.45, 2.75) is 20.8 Å². The third kappa shape index (κ3) is 4.20. The maximum Gasteiger partial charge on any atom is 0.339 e. The average Bonchev–Trinajstić information content (AvgIpc) is 2.72. The molecule has 0 heterocycles. The van der Waals surface area contributed by atoms with Gasteiger partial charge in [0.2, 0.25) is 0 Å². The summed E-state index contributed by atoms with van der Waals surface area (Å²) in [6, 6.07) is 22.4. The van der Waals surface area contributed by atoms with Crippen LogP contribution in [0, 0.1) is 12.8 Å². The van der Waals surface area contributed by atoms with Crippen LogP contribution < -0.4 is 0 Å². The highest BCUT2D eigenvalue weighted by atomic mass is 16.5. The van der Waals surface area contributed by atoms with Crippen LogP contribution in [0.25, 0.3) is 11.1 Å². The molecule has 3 rings (SSSR count). The van der Waals surface area contributed by atoms with E-state index in [0.29, 0.717) is 28.9 Å². The lowest BCUT2D eigenvalue weighted by Crippen LogP contribution is -2.17. The Hall–Kier alpha value is -3.20. The number of carbonyl (C=O) groups is 2. The predicted molar refractivity (Wildman–Crippen MR) is 112 cm³/mol. The Kier molecular flexibility index (Phi) is 6.05. The summed E-state index contributed by atoms with van der Waals surface area (Å²) in [5, 5.41) is 0. The van der Waals surface area contributed by atoms with Crippen LogP contribution in [-0.4, -0.2) is 18.4 Å². The molecule has 3 aromatic carbocycles. The van der Waals surface area contributed by atoms with Crippen molar-refractivity contribution in [1.29, 1.82) is 0 Å².